The van der Waals surface area contributed by atoms with Crippen LogP contribution in [0.5, 0.6) is 5.75 Å². The molecule has 6 unspecified atom stereocenters. The van der Waals surface area contributed by atoms with E-state index in [1.54, 1.807) is 36.4 Å². The molecule has 0 spiro atoms. The summed E-state index contributed by atoms with van der Waals surface area (Å²) in [5.74, 6) is -5.43. The first-order chi connectivity index (χ1) is 20.6. The van der Waals surface area contributed by atoms with Crippen molar-refractivity contribution in [1.82, 2.24) is 4.90 Å². The molecule has 2 aliphatic heterocycles. The fraction of sp³-hybridized carbons (Fsp3) is 0.273. The molecule has 2 aliphatic carbocycles. The molecule has 0 aromatic heterocycles. The van der Waals surface area contributed by atoms with Crippen LogP contribution in [-0.2, 0) is 19.2 Å². The summed E-state index contributed by atoms with van der Waals surface area (Å²) in [5, 5.41) is 12.8. The summed E-state index contributed by atoms with van der Waals surface area (Å²) >= 11 is 17.9. The number of rotatable bonds is 4. The van der Waals surface area contributed by atoms with Crippen LogP contribution in [0.3, 0.4) is 0 Å². The SMILES string of the molecule is C=Cc1ccc(N2C(=O)C3CC=C4C(CC5(Cl)C(=O)N(CBr)C(=O)C5(Cl)C4c4c(O)ccc5ccccc45)C3C2=O)cc1. The number of carbonyl (C=O) groups is 4. The summed E-state index contributed by atoms with van der Waals surface area (Å²) in [6.45, 7) is 3.76. The zero-order valence-electron chi connectivity index (χ0n) is 22.7. The van der Waals surface area contributed by atoms with E-state index in [0.717, 1.165) is 15.8 Å². The number of amides is 4. The van der Waals surface area contributed by atoms with Crippen LogP contribution in [0, 0.1) is 17.8 Å². The van der Waals surface area contributed by atoms with Crippen LogP contribution in [0.2, 0.25) is 0 Å². The fourth-order valence-electron chi connectivity index (χ4n) is 7.67. The van der Waals surface area contributed by atoms with Crippen LogP contribution in [0.4, 0.5) is 5.69 Å². The van der Waals surface area contributed by atoms with Gasteiger partial charge in [-0.15, -0.1) is 23.2 Å². The van der Waals surface area contributed by atoms with Crippen LogP contribution in [0.1, 0.15) is 29.9 Å². The van der Waals surface area contributed by atoms with E-state index in [-0.39, 0.29) is 30.0 Å². The molecule has 3 fully saturated rings. The molecule has 2 heterocycles. The van der Waals surface area contributed by atoms with Gasteiger partial charge in [0.1, 0.15) is 5.75 Å². The largest absolute Gasteiger partial charge is 0.508 e. The van der Waals surface area contributed by atoms with Gasteiger partial charge in [-0.05, 0) is 53.3 Å². The minimum Gasteiger partial charge on any atom is -0.508 e. The zero-order valence-corrected chi connectivity index (χ0v) is 25.8. The highest BCUT2D eigenvalue weighted by molar-refractivity contribution is 9.09. The van der Waals surface area contributed by atoms with Crippen molar-refractivity contribution in [3.63, 3.8) is 0 Å². The number of imide groups is 2. The van der Waals surface area contributed by atoms with Gasteiger partial charge in [0, 0.05) is 11.5 Å². The number of hydrogen-bond acceptors (Lipinski definition) is 5. The van der Waals surface area contributed by atoms with Gasteiger partial charge in [0.25, 0.3) is 11.8 Å². The average Bonchev–Trinajstić information content (AvgIpc) is 3.35. The summed E-state index contributed by atoms with van der Waals surface area (Å²) in [4.78, 5) is 54.2. The second-order valence-corrected chi connectivity index (χ2v) is 13.3. The standard InChI is InChI=1S/C33H25BrCl2N2O5/c1-2-17-7-10-19(11-8-17)38-28(40)22-13-12-21-23(25(22)29(38)41)15-32(35)30(42)37(16-34)31(43)33(32,36)27(21)26-20-6-4-3-5-18(20)9-14-24(26)39/h2-12,14,22-23,25,27,39H,1,13,15-16H2. The molecule has 4 aliphatic rings. The minimum atomic E-state index is -2.00. The van der Waals surface area contributed by atoms with Gasteiger partial charge in [-0.2, -0.15) is 0 Å². The number of alkyl halides is 3. The van der Waals surface area contributed by atoms with E-state index in [1.807, 2.05) is 30.3 Å². The number of likely N-dealkylation sites (tertiary alicyclic amines) is 1. The molecule has 2 saturated heterocycles. The summed E-state index contributed by atoms with van der Waals surface area (Å²) in [6.07, 6.45) is 3.65. The van der Waals surface area contributed by atoms with Crippen molar-refractivity contribution in [3.8, 4) is 5.75 Å². The molecule has 3 aromatic rings. The number of phenols is 1. The first kappa shape index (κ1) is 28.3. The second kappa shape index (κ2) is 9.78. The normalized spacial score (nSPS) is 31.7. The molecular formula is C33H25BrCl2N2O5. The topological polar surface area (TPSA) is 95.0 Å². The maximum Gasteiger partial charge on any atom is 0.254 e. The summed E-state index contributed by atoms with van der Waals surface area (Å²) in [6, 6.07) is 17.6. The van der Waals surface area contributed by atoms with E-state index in [9.17, 15) is 24.3 Å². The molecule has 10 heteroatoms. The van der Waals surface area contributed by atoms with Crippen molar-refractivity contribution in [2.24, 2.45) is 17.8 Å². The summed E-state index contributed by atoms with van der Waals surface area (Å²) in [5.41, 5.74) is 2.15. The lowest BCUT2D eigenvalue weighted by atomic mass is 9.56. The van der Waals surface area contributed by atoms with Gasteiger partial charge >= 0.3 is 0 Å². The Kier molecular flexibility index (Phi) is 6.44. The number of phenolic OH excluding ortho intramolecular Hbond substituents is 1. The number of halogens is 3. The lowest BCUT2D eigenvalue weighted by Crippen LogP contribution is -2.60. The quantitative estimate of drug-likeness (QED) is 0.156. The fourth-order valence-corrected chi connectivity index (χ4v) is 9.08. The van der Waals surface area contributed by atoms with E-state index in [0.29, 0.717) is 22.2 Å². The van der Waals surface area contributed by atoms with Crippen LogP contribution in [0.15, 0.2) is 78.9 Å². The summed E-state index contributed by atoms with van der Waals surface area (Å²) < 4.78 is 0. The third-order valence-electron chi connectivity index (χ3n) is 9.64. The smallest absolute Gasteiger partial charge is 0.254 e. The number of hydrogen-bond donors (Lipinski definition) is 1. The van der Waals surface area contributed by atoms with Gasteiger partial charge in [0.2, 0.25) is 11.8 Å². The third kappa shape index (κ3) is 3.60. The third-order valence-corrected chi connectivity index (χ3v) is 11.6. The lowest BCUT2D eigenvalue weighted by Gasteiger charge is -2.51. The van der Waals surface area contributed by atoms with Crippen LogP contribution < -0.4 is 4.90 Å². The number of anilines is 1. The van der Waals surface area contributed by atoms with E-state index in [2.05, 4.69) is 22.5 Å². The predicted octanol–water partition coefficient (Wildman–Crippen LogP) is 6.10. The molecule has 7 nitrogen and oxygen atoms in total. The number of allylic oxidation sites excluding steroid dienone is 2. The molecule has 1 saturated carbocycles. The molecule has 3 aromatic carbocycles. The van der Waals surface area contributed by atoms with Gasteiger partial charge in [-0.25, -0.2) is 0 Å². The number of carbonyl (C=O) groups excluding carboxylic acids is 4. The summed E-state index contributed by atoms with van der Waals surface area (Å²) in [7, 11) is 0. The molecular weight excluding hydrogens is 655 g/mol. The van der Waals surface area contributed by atoms with Crippen molar-refractivity contribution in [2.75, 3.05) is 10.4 Å². The van der Waals surface area contributed by atoms with Gasteiger partial charge in [-0.1, -0.05) is 82.7 Å². The Bertz CT molecular complexity index is 1810. The Labute approximate surface area is 265 Å². The molecule has 4 amide bonds. The molecule has 7 rings (SSSR count). The maximum absolute atomic E-state index is 14.2. The maximum atomic E-state index is 14.2. The van der Waals surface area contributed by atoms with Crippen LogP contribution in [-0.4, -0.2) is 48.8 Å². The van der Waals surface area contributed by atoms with E-state index < -0.39 is 51.1 Å². The molecule has 43 heavy (non-hydrogen) atoms. The number of nitrogens with zero attached hydrogens (tertiary/aromatic N) is 2. The Morgan fingerprint density at radius 2 is 1.67 bits per heavy atom. The number of benzene rings is 3. The van der Waals surface area contributed by atoms with Gasteiger partial charge < -0.3 is 5.11 Å². The van der Waals surface area contributed by atoms with E-state index in [4.69, 9.17) is 23.2 Å². The second-order valence-electron chi connectivity index (χ2n) is 11.5. The van der Waals surface area contributed by atoms with Crippen molar-refractivity contribution < 1.29 is 24.3 Å². The molecule has 0 radical (unpaired) electrons. The van der Waals surface area contributed by atoms with Gasteiger partial charge in [0.05, 0.1) is 23.0 Å². The highest BCUT2D eigenvalue weighted by atomic mass is 79.9. The number of fused-ring (bicyclic) bond motifs is 5. The highest BCUT2D eigenvalue weighted by Crippen LogP contribution is 2.66. The Morgan fingerprint density at radius 3 is 2.37 bits per heavy atom. The molecule has 218 valence electrons. The van der Waals surface area contributed by atoms with Crippen molar-refractivity contribution in [1.29, 1.82) is 0 Å². The minimum absolute atomic E-state index is 0.110. The lowest BCUT2D eigenvalue weighted by molar-refractivity contribution is -0.138. The number of aromatic hydroxyl groups is 1. The predicted molar refractivity (Wildman–Crippen MR) is 168 cm³/mol. The van der Waals surface area contributed by atoms with E-state index >= 15 is 0 Å². The zero-order chi connectivity index (χ0) is 30.4. The Hall–Kier alpha value is -3.46. The van der Waals surface area contributed by atoms with Crippen molar-refractivity contribution >= 4 is 85.3 Å². The highest BCUT2D eigenvalue weighted by Gasteiger charge is 2.76. The molecule has 1 N–H and O–H groups in total. The van der Waals surface area contributed by atoms with E-state index in [1.165, 1.54) is 11.0 Å². The van der Waals surface area contributed by atoms with Gasteiger partial charge in [-0.3, -0.25) is 29.0 Å². The first-order valence-electron chi connectivity index (χ1n) is 13.9. The van der Waals surface area contributed by atoms with Gasteiger partial charge in [0.15, 0.2) is 9.75 Å². The monoisotopic (exact) mass is 678 g/mol. The Balaban J connectivity index is 1.43. The van der Waals surface area contributed by atoms with Crippen molar-refractivity contribution in [3.05, 3.63) is 90.0 Å². The molecule has 0 bridgehead atoms. The molecule has 6 atom stereocenters. The average molecular weight is 680 g/mol. The van der Waals surface area contributed by atoms with Crippen molar-refractivity contribution in [2.45, 2.75) is 28.5 Å². The van der Waals surface area contributed by atoms with Crippen LogP contribution >= 0.6 is 39.1 Å². The first-order valence-corrected chi connectivity index (χ1v) is 15.8. The van der Waals surface area contributed by atoms with Crippen LogP contribution in [0.25, 0.3) is 16.8 Å². The Morgan fingerprint density at radius 1 is 0.953 bits per heavy atom.